The van der Waals surface area contributed by atoms with Crippen LogP contribution in [0.5, 0.6) is 0 Å². The summed E-state index contributed by atoms with van der Waals surface area (Å²) in [5, 5.41) is 6.31. The fourth-order valence-corrected chi connectivity index (χ4v) is 4.18. The number of amides is 1. The molecule has 1 aliphatic heterocycles. The molecule has 3 aromatic rings. The lowest BCUT2D eigenvalue weighted by Gasteiger charge is -2.24. The van der Waals surface area contributed by atoms with Gasteiger partial charge in [0.25, 0.3) is 5.56 Å². The Labute approximate surface area is 185 Å². The molecule has 9 nitrogen and oxygen atoms in total. The molecular weight excluding hydrogens is 465 g/mol. The number of nitrogens with zero attached hydrogens (tertiary/aromatic N) is 3. The number of anilines is 1. The van der Waals surface area contributed by atoms with E-state index < -0.39 is 32.0 Å². The van der Waals surface area contributed by atoms with Gasteiger partial charge in [-0.1, -0.05) is 13.0 Å². The SMILES string of the molecule is CCS(=O)(=O)c1cc(NC(=O)C2COC2)cnc1-n1ncc2ccc(C(F)(F)F)cc2c1=O. The minimum atomic E-state index is -4.67. The van der Waals surface area contributed by atoms with E-state index >= 15 is 0 Å². The molecule has 0 aliphatic carbocycles. The Hall–Kier alpha value is -3.32. The third-order valence-corrected chi connectivity index (χ3v) is 6.87. The monoisotopic (exact) mass is 482 g/mol. The number of halogens is 3. The van der Waals surface area contributed by atoms with Crippen LogP contribution in [-0.2, 0) is 25.5 Å². The summed E-state index contributed by atoms with van der Waals surface area (Å²) in [6.07, 6.45) is -2.38. The van der Waals surface area contributed by atoms with E-state index in [1.54, 1.807) is 0 Å². The van der Waals surface area contributed by atoms with Gasteiger partial charge in [-0.2, -0.15) is 23.0 Å². The molecule has 1 aliphatic rings. The number of carbonyl (C=O) groups is 1. The lowest BCUT2D eigenvalue weighted by molar-refractivity contribution is -0.137. The summed E-state index contributed by atoms with van der Waals surface area (Å²) in [7, 11) is -3.97. The number of pyridine rings is 1. The molecule has 2 aromatic heterocycles. The molecule has 174 valence electrons. The van der Waals surface area contributed by atoms with Crippen molar-refractivity contribution in [3.05, 3.63) is 52.6 Å². The molecule has 0 spiro atoms. The lowest BCUT2D eigenvalue weighted by Crippen LogP contribution is -2.38. The number of hydrogen-bond acceptors (Lipinski definition) is 7. The van der Waals surface area contributed by atoms with Crippen LogP contribution in [0.4, 0.5) is 18.9 Å². The van der Waals surface area contributed by atoms with E-state index in [2.05, 4.69) is 15.4 Å². The summed E-state index contributed by atoms with van der Waals surface area (Å²) in [4.78, 5) is 28.8. The molecule has 1 saturated heterocycles. The molecule has 4 rings (SSSR count). The number of nitrogens with one attached hydrogen (secondary N) is 1. The summed E-state index contributed by atoms with van der Waals surface area (Å²) >= 11 is 0. The van der Waals surface area contributed by atoms with Crippen LogP contribution in [0.2, 0.25) is 0 Å². The number of carbonyl (C=O) groups excluding carboxylic acids is 1. The fraction of sp³-hybridized carbons (Fsp3) is 0.300. The minimum Gasteiger partial charge on any atom is -0.380 e. The number of hydrogen-bond donors (Lipinski definition) is 1. The predicted octanol–water partition coefficient (Wildman–Crippen LogP) is 2.18. The van der Waals surface area contributed by atoms with E-state index in [1.165, 1.54) is 6.92 Å². The molecule has 3 heterocycles. The van der Waals surface area contributed by atoms with Gasteiger partial charge in [0.05, 0.1) is 53.9 Å². The molecular formula is C20H17F3N4O5S. The van der Waals surface area contributed by atoms with E-state index in [0.717, 1.165) is 30.6 Å². The molecule has 0 atom stereocenters. The summed E-state index contributed by atoms with van der Waals surface area (Å²) in [6, 6.07) is 3.75. The number of ether oxygens (including phenoxy) is 1. The van der Waals surface area contributed by atoms with Crippen molar-refractivity contribution < 1.29 is 31.1 Å². The quantitative estimate of drug-likeness (QED) is 0.592. The van der Waals surface area contributed by atoms with Crippen molar-refractivity contribution in [2.45, 2.75) is 18.0 Å². The molecule has 1 N–H and O–H groups in total. The number of fused-ring (bicyclic) bond motifs is 1. The topological polar surface area (TPSA) is 120 Å². The molecule has 0 bridgehead atoms. The van der Waals surface area contributed by atoms with Gasteiger partial charge in [0.2, 0.25) is 5.91 Å². The van der Waals surface area contributed by atoms with Crippen LogP contribution in [0.1, 0.15) is 12.5 Å². The highest BCUT2D eigenvalue weighted by atomic mass is 32.2. The van der Waals surface area contributed by atoms with E-state index in [0.29, 0.717) is 10.7 Å². The van der Waals surface area contributed by atoms with Crippen LogP contribution in [0.3, 0.4) is 0 Å². The Kier molecular flexibility index (Phi) is 5.70. The van der Waals surface area contributed by atoms with Gasteiger partial charge in [-0.3, -0.25) is 9.59 Å². The van der Waals surface area contributed by atoms with Crippen LogP contribution in [0, 0.1) is 5.92 Å². The first-order valence-corrected chi connectivity index (χ1v) is 11.4. The van der Waals surface area contributed by atoms with Gasteiger partial charge in [-0.05, 0) is 18.2 Å². The largest absolute Gasteiger partial charge is 0.416 e. The maximum absolute atomic E-state index is 13.1. The summed E-state index contributed by atoms with van der Waals surface area (Å²) < 4.78 is 70.4. The molecule has 13 heteroatoms. The van der Waals surface area contributed by atoms with Crippen molar-refractivity contribution in [2.75, 3.05) is 24.3 Å². The van der Waals surface area contributed by atoms with Crippen molar-refractivity contribution in [2.24, 2.45) is 5.92 Å². The second-order valence-corrected chi connectivity index (χ2v) is 9.58. The summed E-state index contributed by atoms with van der Waals surface area (Å²) in [5.74, 6) is -1.48. The van der Waals surface area contributed by atoms with Crippen molar-refractivity contribution in [3.8, 4) is 5.82 Å². The highest BCUT2D eigenvalue weighted by Gasteiger charge is 2.31. The van der Waals surface area contributed by atoms with Gasteiger partial charge in [0.15, 0.2) is 15.7 Å². The molecule has 0 saturated carbocycles. The van der Waals surface area contributed by atoms with Crippen LogP contribution in [0.15, 0.2) is 46.3 Å². The van der Waals surface area contributed by atoms with Crippen LogP contribution in [-0.4, -0.2) is 48.1 Å². The van der Waals surface area contributed by atoms with Gasteiger partial charge in [-0.15, -0.1) is 0 Å². The first-order valence-electron chi connectivity index (χ1n) is 9.72. The second kappa shape index (κ2) is 8.23. The number of benzene rings is 1. The third-order valence-electron chi connectivity index (χ3n) is 5.14. The Bertz CT molecular complexity index is 1420. The van der Waals surface area contributed by atoms with Crippen LogP contribution in [0.25, 0.3) is 16.6 Å². The fourth-order valence-electron chi connectivity index (χ4n) is 3.15. The Morgan fingerprint density at radius 3 is 2.58 bits per heavy atom. The van der Waals surface area contributed by atoms with Gasteiger partial charge in [0.1, 0.15) is 4.90 Å². The first kappa shape index (κ1) is 22.9. The molecule has 1 aromatic carbocycles. The Morgan fingerprint density at radius 2 is 1.97 bits per heavy atom. The first-order chi connectivity index (χ1) is 15.5. The molecule has 1 fully saturated rings. The number of sulfone groups is 1. The zero-order valence-electron chi connectivity index (χ0n) is 17.1. The average molecular weight is 482 g/mol. The van der Waals surface area contributed by atoms with Crippen molar-refractivity contribution >= 4 is 32.2 Å². The zero-order valence-corrected chi connectivity index (χ0v) is 17.9. The number of aromatic nitrogens is 3. The Morgan fingerprint density at radius 1 is 1.24 bits per heavy atom. The molecule has 0 unspecified atom stereocenters. The van der Waals surface area contributed by atoms with Crippen LogP contribution >= 0.6 is 0 Å². The van der Waals surface area contributed by atoms with E-state index in [1.807, 2.05) is 0 Å². The van der Waals surface area contributed by atoms with Gasteiger partial charge in [-0.25, -0.2) is 13.4 Å². The van der Waals surface area contributed by atoms with E-state index in [4.69, 9.17) is 4.74 Å². The normalized spacial score (nSPS) is 14.8. The van der Waals surface area contributed by atoms with Crippen molar-refractivity contribution in [3.63, 3.8) is 0 Å². The summed E-state index contributed by atoms with van der Waals surface area (Å²) in [6.45, 7) is 1.86. The smallest absolute Gasteiger partial charge is 0.380 e. The highest BCUT2D eigenvalue weighted by Crippen LogP contribution is 2.31. The average Bonchev–Trinajstić information content (AvgIpc) is 2.72. The molecule has 33 heavy (non-hydrogen) atoms. The maximum Gasteiger partial charge on any atom is 0.416 e. The zero-order chi connectivity index (χ0) is 24.0. The van der Waals surface area contributed by atoms with E-state index in [-0.39, 0.29) is 53.1 Å². The predicted molar refractivity (Wildman–Crippen MR) is 111 cm³/mol. The van der Waals surface area contributed by atoms with Crippen molar-refractivity contribution in [1.82, 2.24) is 14.8 Å². The van der Waals surface area contributed by atoms with Crippen LogP contribution < -0.4 is 10.9 Å². The number of rotatable bonds is 5. The summed E-state index contributed by atoms with van der Waals surface area (Å²) in [5.41, 5.74) is -1.92. The van der Waals surface area contributed by atoms with E-state index in [9.17, 15) is 31.2 Å². The standard InChI is InChI=1S/C20H17F3N4O5S/c1-2-33(30,31)16-6-14(26-18(28)12-9-32-10-12)8-24-17(16)27-19(29)15-5-13(20(21,22)23)4-3-11(15)7-25-27/h3-8,12H,2,9-10H2,1H3,(H,26,28). The lowest BCUT2D eigenvalue weighted by atomic mass is 10.1. The van der Waals surface area contributed by atoms with Gasteiger partial charge < -0.3 is 10.1 Å². The minimum absolute atomic E-state index is 0.0795. The molecule has 1 amide bonds. The third kappa shape index (κ3) is 4.33. The van der Waals surface area contributed by atoms with Crippen molar-refractivity contribution in [1.29, 1.82) is 0 Å². The van der Waals surface area contributed by atoms with Gasteiger partial charge in [0, 0.05) is 5.39 Å². The number of alkyl halides is 3. The second-order valence-electron chi connectivity index (χ2n) is 7.33. The van der Waals surface area contributed by atoms with Gasteiger partial charge >= 0.3 is 6.18 Å². The highest BCUT2D eigenvalue weighted by molar-refractivity contribution is 7.91. The Balaban J connectivity index is 1.86. The maximum atomic E-state index is 13.1. The molecule has 0 radical (unpaired) electrons.